The molecule has 0 atom stereocenters. The Morgan fingerprint density at radius 3 is 1.29 bits per heavy atom. The van der Waals surface area contributed by atoms with Gasteiger partial charge in [-0.2, -0.15) is 0 Å². The van der Waals surface area contributed by atoms with Crippen molar-refractivity contribution in [2.45, 2.75) is 0 Å². The molecule has 13 heteroatoms. The fraction of sp³-hybridized carbons (Fsp3) is 0.250. The maximum Gasteiger partial charge on any atom is 0.255 e. The van der Waals surface area contributed by atoms with E-state index in [1.54, 1.807) is 88.9 Å². The summed E-state index contributed by atoms with van der Waals surface area (Å²) in [7, 11) is 6.65. The number of hydrogen-bond donors (Lipinski definition) is 4. The Labute approximate surface area is 267 Å². The first-order valence-corrected chi connectivity index (χ1v) is 14.1. The highest BCUT2D eigenvalue weighted by molar-refractivity contribution is 6.10. The Balaban J connectivity index is 0.00000461. The second-order valence-corrected chi connectivity index (χ2v) is 10.8. The minimum absolute atomic E-state index is 0. The number of halogens is 1. The van der Waals surface area contributed by atoms with Gasteiger partial charge in [-0.15, -0.1) is 12.4 Å². The van der Waals surface area contributed by atoms with E-state index >= 15 is 0 Å². The van der Waals surface area contributed by atoms with Gasteiger partial charge in [0.05, 0.1) is 13.1 Å². The number of carbonyl (C=O) groups excluding carboxylic acids is 4. The zero-order valence-electron chi connectivity index (χ0n) is 25.4. The molecule has 0 fully saturated rings. The lowest BCUT2D eigenvalue weighted by Gasteiger charge is -2.15. The minimum Gasteiger partial charge on any atom is -0.368 e. The average molecular weight is 631 g/mol. The van der Waals surface area contributed by atoms with Crippen LogP contribution in [0.5, 0.6) is 0 Å². The third-order valence-corrected chi connectivity index (χ3v) is 6.99. The van der Waals surface area contributed by atoms with Crippen molar-refractivity contribution in [2.24, 2.45) is 9.98 Å². The summed E-state index contributed by atoms with van der Waals surface area (Å²) in [5.41, 5.74) is 3.79. The summed E-state index contributed by atoms with van der Waals surface area (Å²) in [5.74, 6) is 0.132. The number of carbonyl (C=O) groups is 4. The first kappa shape index (κ1) is 32.7. The van der Waals surface area contributed by atoms with E-state index in [0.717, 1.165) is 0 Å². The summed E-state index contributed by atoms with van der Waals surface area (Å²) in [6.07, 6.45) is 0. The number of hydrogen-bond acceptors (Lipinski definition) is 8. The third-order valence-electron chi connectivity index (χ3n) is 6.99. The first-order valence-electron chi connectivity index (χ1n) is 14.1. The van der Waals surface area contributed by atoms with Crippen LogP contribution < -0.4 is 21.3 Å². The van der Waals surface area contributed by atoms with Crippen LogP contribution >= 0.6 is 12.4 Å². The van der Waals surface area contributed by atoms with Gasteiger partial charge in [-0.1, -0.05) is 0 Å². The molecule has 0 unspecified atom stereocenters. The highest BCUT2D eigenvalue weighted by Crippen LogP contribution is 2.21. The maximum atomic E-state index is 13.1. The molecule has 2 aliphatic heterocycles. The van der Waals surface area contributed by atoms with E-state index in [-0.39, 0.29) is 24.2 Å². The van der Waals surface area contributed by atoms with Crippen LogP contribution in [0, 0.1) is 0 Å². The van der Waals surface area contributed by atoms with Crippen molar-refractivity contribution in [3.8, 4) is 0 Å². The van der Waals surface area contributed by atoms with E-state index in [4.69, 9.17) is 0 Å². The second-order valence-electron chi connectivity index (χ2n) is 10.8. The molecule has 4 amide bonds. The van der Waals surface area contributed by atoms with Crippen molar-refractivity contribution in [1.82, 2.24) is 20.4 Å². The highest BCUT2D eigenvalue weighted by Gasteiger charge is 2.19. The quantitative estimate of drug-likeness (QED) is 0.301. The summed E-state index contributed by atoms with van der Waals surface area (Å²) in [5, 5.41) is 12.1. The molecule has 2 heterocycles. The fourth-order valence-corrected chi connectivity index (χ4v) is 4.80. The lowest BCUT2D eigenvalue weighted by Crippen LogP contribution is -2.24. The Bertz CT molecular complexity index is 1580. The highest BCUT2D eigenvalue weighted by atomic mass is 35.5. The molecule has 3 aromatic rings. The number of amides is 4. The summed E-state index contributed by atoms with van der Waals surface area (Å²) in [6.45, 7) is 2.68. The molecule has 0 aromatic heterocycles. The van der Waals surface area contributed by atoms with E-state index in [0.29, 0.717) is 82.6 Å². The summed E-state index contributed by atoms with van der Waals surface area (Å²) < 4.78 is 0. The van der Waals surface area contributed by atoms with Crippen LogP contribution in [0.15, 0.2) is 70.6 Å². The predicted octanol–water partition coefficient (Wildman–Crippen LogP) is 2.72. The zero-order valence-corrected chi connectivity index (χ0v) is 26.2. The first-order chi connectivity index (χ1) is 21.1. The maximum absolute atomic E-state index is 13.1. The molecule has 0 bridgehead atoms. The van der Waals surface area contributed by atoms with Crippen LogP contribution in [0.1, 0.15) is 52.6 Å². The van der Waals surface area contributed by atoms with E-state index in [1.165, 1.54) is 9.80 Å². The smallest absolute Gasteiger partial charge is 0.255 e. The van der Waals surface area contributed by atoms with Gasteiger partial charge in [0.1, 0.15) is 11.7 Å². The van der Waals surface area contributed by atoms with Crippen LogP contribution in [0.3, 0.4) is 0 Å². The van der Waals surface area contributed by atoms with Gasteiger partial charge in [0, 0.05) is 86.0 Å². The Hall–Kier alpha value is -5.23. The molecule has 5 rings (SSSR count). The van der Waals surface area contributed by atoms with E-state index in [1.807, 2.05) is 0 Å². The number of benzene rings is 3. The minimum atomic E-state index is -0.400. The number of aliphatic imine (C=N–C) groups is 2. The molecular weight excluding hydrogens is 596 g/mol. The van der Waals surface area contributed by atoms with Crippen molar-refractivity contribution >= 4 is 59.1 Å². The van der Waals surface area contributed by atoms with Crippen molar-refractivity contribution in [3.05, 3.63) is 94.0 Å². The molecule has 0 spiro atoms. The SMILES string of the molecule is CN(C)C(=O)c1cc(NC(=O)c2ccc(C(=O)Nc3cc(C(=O)N(C)C)cc(C4=NCCN4)c3)cc2)cc(C2=NCCN2)c1.Cl. The molecule has 0 radical (unpaired) electrons. The Morgan fingerprint density at radius 2 is 0.978 bits per heavy atom. The third kappa shape index (κ3) is 7.65. The molecule has 3 aromatic carbocycles. The predicted molar refractivity (Wildman–Crippen MR) is 177 cm³/mol. The van der Waals surface area contributed by atoms with Crippen molar-refractivity contribution in [2.75, 3.05) is 65.0 Å². The average Bonchev–Trinajstić information content (AvgIpc) is 3.75. The van der Waals surface area contributed by atoms with Gasteiger partial charge < -0.3 is 31.1 Å². The molecule has 12 nitrogen and oxygen atoms in total. The molecule has 2 aliphatic rings. The van der Waals surface area contributed by atoms with Crippen molar-refractivity contribution in [1.29, 1.82) is 0 Å². The molecule has 4 N–H and O–H groups in total. The molecule has 0 aliphatic carbocycles. The number of anilines is 2. The number of amidine groups is 2. The molecule has 0 saturated carbocycles. The van der Waals surface area contributed by atoms with Gasteiger partial charge >= 0.3 is 0 Å². The fourth-order valence-electron chi connectivity index (χ4n) is 4.80. The Morgan fingerprint density at radius 1 is 0.600 bits per heavy atom. The topological polar surface area (TPSA) is 148 Å². The molecule has 234 valence electrons. The molecule has 0 saturated heterocycles. The van der Waals surface area contributed by atoms with E-state index < -0.39 is 11.8 Å². The van der Waals surface area contributed by atoms with Crippen LogP contribution in [-0.4, -0.2) is 99.5 Å². The van der Waals surface area contributed by atoms with Crippen LogP contribution in [0.2, 0.25) is 0 Å². The van der Waals surface area contributed by atoms with E-state index in [2.05, 4.69) is 31.3 Å². The van der Waals surface area contributed by atoms with Gasteiger partial charge in [-0.25, -0.2) is 0 Å². The lowest BCUT2D eigenvalue weighted by molar-refractivity contribution is 0.0820. The summed E-state index contributed by atoms with van der Waals surface area (Å²) in [6, 6.07) is 16.5. The van der Waals surface area contributed by atoms with Crippen LogP contribution in [0.25, 0.3) is 0 Å². The monoisotopic (exact) mass is 630 g/mol. The van der Waals surface area contributed by atoms with Gasteiger partial charge in [0.15, 0.2) is 0 Å². The van der Waals surface area contributed by atoms with Gasteiger partial charge in [-0.05, 0) is 60.7 Å². The molecule has 45 heavy (non-hydrogen) atoms. The largest absolute Gasteiger partial charge is 0.368 e. The second kappa shape index (κ2) is 14.0. The van der Waals surface area contributed by atoms with Crippen LogP contribution in [0.4, 0.5) is 11.4 Å². The summed E-state index contributed by atoms with van der Waals surface area (Å²) in [4.78, 5) is 63.5. The summed E-state index contributed by atoms with van der Waals surface area (Å²) >= 11 is 0. The van der Waals surface area contributed by atoms with Gasteiger partial charge in [0.25, 0.3) is 23.6 Å². The number of nitrogens with zero attached hydrogens (tertiary/aromatic N) is 4. The molecular formula is C32H35ClN8O4. The van der Waals surface area contributed by atoms with Crippen molar-refractivity contribution in [3.63, 3.8) is 0 Å². The van der Waals surface area contributed by atoms with Crippen LogP contribution in [-0.2, 0) is 0 Å². The van der Waals surface area contributed by atoms with E-state index in [9.17, 15) is 19.2 Å². The lowest BCUT2D eigenvalue weighted by atomic mass is 10.1. The van der Waals surface area contributed by atoms with Gasteiger partial charge in [0.2, 0.25) is 0 Å². The zero-order chi connectivity index (χ0) is 31.4. The normalized spacial score (nSPS) is 13.3. The standard InChI is InChI=1S/C32H34N8O4.ClH/c1-39(2)31(43)23-13-21(27-33-9-10-34-27)15-25(17-23)37-29(41)19-5-7-20(8-6-19)30(42)38-26-16-22(28-35-11-12-36-28)14-24(18-26)32(44)40(3)4;/h5-8,13-18H,9-12H2,1-4H3,(H,33,34)(H,35,36)(H,37,41)(H,38,42);1H. The Kier molecular flexibility index (Phi) is 10.2. The number of rotatable bonds is 8. The van der Waals surface area contributed by atoms with Gasteiger partial charge in [-0.3, -0.25) is 29.2 Å². The van der Waals surface area contributed by atoms with Crippen molar-refractivity contribution < 1.29 is 19.2 Å². The number of nitrogens with one attached hydrogen (secondary N) is 4.